The van der Waals surface area contributed by atoms with E-state index in [-0.39, 0.29) is 5.56 Å². The van der Waals surface area contributed by atoms with Crippen LogP contribution in [0.1, 0.15) is 12.0 Å². The van der Waals surface area contributed by atoms with Crippen LogP contribution in [0.4, 0.5) is 0 Å². The molecule has 88 valence electrons. The summed E-state index contributed by atoms with van der Waals surface area (Å²) in [5.74, 6) is 0.389. The molecule has 1 N–H and O–H groups in total. The zero-order valence-electron chi connectivity index (χ0n) is 9.56. The molecule has 0 spiro atoms. The van der Waals surface area contributed by atoms with Gasteiger partial charge in [-0.3, -0.25) is 4.79 Å². The standard InChI is InChI=1S/C14H15NO2/c16-14-13(9-4-10-15-14)17-11-5-8-12-6-2-1-3-7-12/h1-4,6-7,9-10H,5,8,11H2,(H,15,16). The first-order valence-corrected chi connectivity index (χ1v) is 5.71. The van der Waals surface area contributed by atoms with Gasteiger partial charge in [-0.25, -0.2) is 0 Å². The Morgan fingerprint density at radius 3 is 2.65 bits per heavy atom. The molecule has 0 saturated carbocycles. The molecule has 3 heteroatoms. The molecule has 0 aliphatic rings. The largest absolute Gasteiger partial charge is 0.488 e. The molecular weight excluding hydrogens is 214 g/mol. The maximum Gasteiger partial charge on any atom is 0.290 e. The molecule has 2 rings (SSSR count). The number of hydrogen-bond donors (Lipinski definition) is 1. The number of pyridine rings is 1. The Hall–Kier alpha value is -2.03. The summed E-state index contributed by atoms with van der Waals surface area (Å²) >= 11 is 0. The summed E-state index contributed by atoms with van der Waals surface area (Å²) in [4.78, 5) is 13.9. The second-order valence-electron chi connectivity index (χ2n) is 3.80. The van der Waals surface area contributed by atoms with Gasteiger partial charge in [0, 0.05) is 6.20 Å². The van der Waals surface area contributed by atoms with Crippen LogP contribution in [0.5, 0.6) is 5.75 Å². The van der Waals surface area contributed by atoms with Crippen molar-refractivity contribution in [3.63, 3.8) is 0 Å². The lowest BCUT2D eigenvalue weighted by molar-refractivity contribution is 0.307. The molecule has 1 heterocycles. The molecule has 0 aliphatic carbocycles. The van der Waals surface area contributed by atoms with Crippen molar-refractivity contribution in [1.29, 1.82) is 0 Å². The predicted molar refractivity (Wildman–Crippen MR) is 67.3 cm³/mol. The van der Waals surface area contributed by atoms with Crippen LogP contribution in [-0.4, -0.2) is 11.6 Å². The van der Waals surface area contributed by atoms with Gasteiger partial charge in [-0.05, 0) is 30.5 Å². The zero-order valence-corrected chi connectivity index (χ0v) is 9.56. The van der Waals surface area contributed by atoms with E-state index in [1.807, 2.05) is 18.2 Å². The third kappa shape index (κ3) is 3.48. The van der Waals surface area contributed by atoms with Crippen LogP contribution in [0.25, 0.3) is 0 Å². The fraction of sp³-hybridized carbons (Fsp3) is 0.214. The van der Waals surface area contributed by atoms with Crippen LogP contribution < -0.4 is 10.3 Å². The van der Waals surface area contributed by atoms with Crippen LogP contribution in [0, 0.1) is 0 Å². The first kappa shape index (κ1) is 11.5. The highest BCUT2D eigenvalue weighted by molar-refractivity contribution is 5.16. The highest BCUT2D eigenvalue weighted by Gasteiger charge is 1.98. The fourth-order valence-electron chi connectivity index (χ4n) is 1.62. The fourth-order valence-corrected chi connectivity index (χ4v) is 1.62. The first-order chi connectivity index (χ1) is 8.36. The van der Waals surface area contributed by atoms with Gasteiger partial charge >= 0.3 is 0 Å². The van der Waals surface area contributed by atoms with Crippen LogP contribution in [0.3, 0.4) is 0 Å². The van der Waals surface area contributed by atoms with E-state index in [1.54, 1.807) is 18.3 Å². The number of rotatable bonds is 5. The van der Waals surface area contributed by atoms with Gasteiger partial charge in [-0.2, -0.15) is 0 Å². The lowest BCUT2D eigenvalue weighted by Crippen LogP contribution is -2.11. The van der Waals surface area contributed by atoms with Gasteiger partial charge in [-0.1, -0.05) is 30.3 Å². The summed E-state index contributed by atoms with van der Waals surface area (Å²) in [6, 6.07) is 13.7. The van der Waals surface area contributed by atoms with Gasteiger partial charge in [0.15, 0.2) is 5.75 Å². The van der Waals surface area contributed by atoms with Gasteiger partial charge < -0.3 is 9.72 Å². The van der Waals surface area contributed by atoms with Crippen LogP contribution in [-0.2, 0) is 6.42 Å². The number of aromatic amines is 1. The Labute approximate surface area is 100 Å². The van der Waals surface area contributed by atoms with Crippen molar-refractivity contribution in [1.82, 2.24) is 4.98 Å². The maximum atomic E-state index is 11.3. The number of ether oxygens (including phenoxy) is 1. The number of nitrogens with one attached hydrogen (secondary N) is 1. The van der Waals surface area contributed by atoms with Crippen molar-refractivity contribution in [2.75, 3.05) is 6.61 Å². The Morgan fingerprint density at radius 1 is 1.06 bits per heavy atom. The van der Waals surface area contributed by atoms with Crippen molar-refractivity contribution < 1.29 is 4.74 Å². The van der Waals surface area contributed by atoms with Crippen molar-refractivity contribution in [3.05, 3.63) is 64.6 Å². The van der Waals surface area contributed by atoms with E-state index in [9.17, 15) is 4.79 Å². The zero-order chi connectivity index (χ0) is 11.9. The second kappa shape index (κ2) is 5.89. The lowest BCUT2D eigenvalue weighted by atomic mass is 10.1. The van der Waals surface area contributed by atoms with Gasteiger partial charge in [-0.15, -0.1) is 0 Å². The Balaban J connectivity index is 1.78. The highest BCUT2D eigenvalue weighted by Crippen LogP contribution is 2.04. The SMILES string of the molecule is O=c1[nH]cccc1OCCCc1ccccc1. The molecule has 2 aromatic rings. The maximum absolute atomic E-state index is 11.3. The molecule has 1 aromatic heterocycles. The van der Waals surface area contributed by atoms with Crippen LogP contribution >= 0.6 is 0 Å². The lowest BCUT2D eigenvalue weighted by Gasteiger charge is -2.04. The van der Waals surface area contributed by atoms with Crippen molar-refractivity contribution in [3.8, 4) is 5.75 Å². The van der Waals surface area contributed by atoms with Gasteiger partial charge in [0.25, 0.3) is 5.56 Å². The average Bonchev–Trinajstić information content (AvgIpc) is 2.38. The monoisotopic (exact) mass is 229 g/mol. The van der Waals surface area contributed by atoms with E-state index in [0.29, 0.717) is 12.4 Å². The van der Waals surface area contributed by atoms with Crippen LogP contribution in [0.15, 0.2) is 53.5 Å². The van der Waals surface area contributed by atoms with Crippen molar-refractivity contribution in [2.24, 2.45) is 0 Å². The minimum atomic E-state index is -0.174. The number of aromatic nitrogens is 1. The van der Waals surface area contributed by atoms with Crippen molar-refractivity contribution >= 4 is 0 Å². The molecule has 0 atom stereocenters. The first-order valence-electron chi connectivity index (χ1n) is 5.71. The average molecular weight is 229 g/mol. The third-order valence-corrected chi connectivity index (χ3v) is 2.49. The minimum absolute atomic E-state index is 0.174. The van der Waals surface area contributed by atoms with Gasteiger partial charge in [0.2, 0.25) is 0 Å². The Morgan fingerprint density at radius 2 is 1.88 bits per heavy atom. The number of H-pyrrole nitrogens is 1. The summed E-state index contributed by atoms with van der Waals surface area (Å²) in [5.41, 5.74) is 1.12. The predicted octanol–water partition coefficient (Wildman–Crippen LogP) is 2.39. The Bertz CT molecular complexity index is 505. The normalized spacial score (nSPS) is 10.1. The smallest absolute Gasteiger partial charge is 0.290 e. The molecule has 17 heavy (non-hydrogen) atoms. The summed E-state index contributed by atoms with van der Waals surface area (Å²) in [5, 5.41) is 0. The minimum Gasteiger partial charge on any atom is -0.488 e. The molecule has 3 nitrogen and oxygen atoms in total. The highest BCUT2D eigenvalue weighted by atomic mass is 16.5. The van der Waals surface area contributed by atoms with E-state index in [2.05, 4.69) is 17.1 Å². The molecule has 1 aromatic carbocycles. The molecule has 0 bridgehead atoms. The second-order valence-corrected chi connectivity index (χ2v) is 3.80. The van der Waals surface area contributed by atoms with Crippen LogP contribution in [0.2, 0.25) is 0 Å². The Kier molecular flexibility index (Phi) is 3.97. The topological polar surface area (TPSA) is 42.1 Å². The quantitative estimate of drug-likeness (QED) is 0.800. The molecule has 0 amide bonds. The summed E-state index contributed by atoms with van der Waals surface area (Å²) < 4.78 is 5.41. The van der Waals surface area contributed by atoms with E-state index in [1.165, 1.54) is 5.56 Å². The van der Waals surface area contributed by atoms with E-state index in [0.717, 1.165) is 12.8 Å². The number of hydrogen-bond acceptors (Lipinski definition) is 2. The molecule has 0 fully saturated rings. The number of benzene rings is 1. The van der Waals surface area contributed by atoms with Gasteiger partial charge in [0.05, 0.1) is 6.61 Å². The summed E-state index contributed by atoms with van der Waals surface area (Å²) in [7, 11) is 0. The van der Waals surface area contributed by atoms with Crippen molar-refractivity contribution in [2.45, 2.75) is 12.8 Å². The summed E-state index contributed by atoms with van der Waals surface area (Å²) in [6.07, 6.45) is 3.46. The third-order valence-electron chi connectivity index (χ3n) is 2.49. The summed E-state index contributed by atoms with van der Waals surface area (Å²) in [6.45, 7) is 0.558. The van der Waals surface area contributed by atoms with Gasteiger partial charge in [0.1, 0.15) is 0 Å². The molecular formula is C14H15NO2. The van der Waals surface area contributed by atoms with E-state index < -0.39 is 0 Å². The number of aryl methyl sites for hydroxylation is 1. The molecule has 0 aliphatic heterocycles. The van der Waals surface area contributed by atoms with E-state index >= 15 is 0 Å². The molecule has 0 radical (unpaired) electrons. The molecule has 0 saturated heterocycles. The van der Waals surface area contributed by atoms with E-state index in [4.69, 9.17) is 4.74 Å². The molecule has 0 unspecified atom stereocenters.